The summed E-state index contributed by atoms with van der Waals surface area (Å²) in [5.74, 6) is 0.174. The second kappa shape index (κ2) is 10.9. The number of nitrogens with zero attached hydrogens (tertiary/aromatic N) is 2. The van der Waals surface area contributed by atoms with Crippen LogP contribution in [0.2, 0.25) is 0 Å². The fraction of sp³-hybridized carbons (Fsp3) is 0.350. The number of amides is 1. The van der Waals surface area contributed by atoms with Crippen molar-refractivity contribution in [3.8, 4) is 0 Å². The normalized spacial score (nSPS) is 14.4. The molecule has 0 unspecified atom stereocenters. The van der Waals surface area contributed by atoms with E-state index in [0.29, 0.717) is 0 Å². The van der Waals surface area contributed by atoms with Crippen molar-refractivity contribution in [1.29, 1.82) is 0 Å². The number of carbonyl (C=O) groups excluding carboxylic acids is 1. The number of halogens is 3. The first-order chi connectivity index (χ1) is 12.0. The second-order valence-corrected chi connectivity index (χ2v) is 7.89. The number of hydrogen-bond donors (Lipinski definition) is 1. The molecule has 0 aliphatic carbocycles. The lowest BCUT2D eigenvalue weighted by atomic mass is 10.1. The molecular weight excluding hydrogens is 711 g/mol. The standard InChI is InChI=1S/C20H23N3OS.3HI/c1-13-5-4-6-17-19(13)21-20-14(2)11-16(12-18(20)25-17)23-9-7-22(8-10-23)15(3)24;;;/h4-6,11-12,21H,7-10H2,1-3H3;3*1H. The number of carbonyl (C=O) groups is 1. The molecule has 4 nitrogen and oxygen atoms in total. The molecule has 0 spiro atoms. The van der Waals surface area contributed by atoms with E-state index in [1.54, 1.807) is 6.92 Å². The molecule has 2 aliphatic heterocycles. The Morgan fingerprint density at radius 3 is 2.21 bits per heavy atom. The largest absolute Gasteiger partial charge is 0.368 e. The maximum absolute atomic E-state index is 11.5. The number of para-hydroxylation sites is 1. The molecule has 0 radical (unpaired) electrons. The molecule has 2 aliphatic rings. The molecule has 1 fully saturated rings. The van der Waals surface area contributed by atoms with Gasteiger partial charge in [0, 0.05) is 48.6 Å². The van der Waals surface area contributed by atoms with Gasteiger partial charge in [-0.2, -0.15) is 0 Å². The Morgan fingerprint density at radius 1 is 0.929 bits per heavy atom. The highest BCUT2D eigenvalue weighted by atomic mass is 127. The van der Waals surface area contributed by atoms with Gasteiger partial charge in [-0.25, -0.2) is 0 Å². The van der Waals surface area contributed by atoms with Crippen molar-refractivity contribution < 1.29 is 4.79 Å². The molecule has 1 saturated heterocycles. The average molecular weight is 737 g/mol. The predicted octanol–water partition coefficient (Wildman–Crippen LogP) is 6.03. The summed E-state index contributed by atoms with van der Waals surface area (Å²) in [6.45, 7) is 9.37. The van der Waals surface area contributed by atoms with Gasteiger partial charge in [0.2, 0.25) is 5.91 Å². The van der Waals surface area contributed by atoms with Crippen LogP contribution in [0.5, 0.6) is 0 Å². The van der Waals surface area contributed by atoms with Gasteiger partial charge in [0.1, 0.15) is 0 Å². The van der Waals surface area contributed by atoms with Crippen LogP contribution in [0, 0.1) is 13.8 Å². The van der Waals surface area contributed by atoms with E-state index in [4.69, 9.17) is 0 Å². The van der Waals surface area contributed by atoms with Crippen LogP contribution in [0.25, 0.3) is 0 Å². The lowest BCUT2D eigenvalue weighted by Crippen LogP contribution is -2.48. The molecule has 0 saturated carbocycles. The number of piperazine rings is 1. The molecule has 8 heteroatoms. The lowest BCUT2D eigenvalue weighted by Gasteiger charge is -2.36. The molecule has 0 bridgehead atoms. The molecule has 2 aromatic carbocycles. The summed E-state index contributed by atoms with van der Waals surface area (Å²) in [7, 11) is 0. The van der Waals surface area contributed by atoms with E-state index in [-0.39, 0.29) is 77.8 Å². The maximum atomic E-state index is 11.5. The Hall–Kier alpha value is 0.0500. The van der Waals surface area contributed by atoms with Crippen molar-refractivity contribution in [3.63, 3.8) is 0 Å². The van der Waals surface area contributed by atoms with E-state index in [2.05, 4.69) is 54.4 Å². The number of anilines is 3. The van der Waals surface area contributed by atoms with Crippen LogP contribution in [-0.2, 0) is 4.79 Å². The second-order valence-electron chi connectivity index (χ2n) is 6.80. The minimum absolute atomic E-state index is 0. The first kappa shape index (κ1) is 26.1. The first-order valence-corrected chi connectivity index (χ1v) is 9.54. The third-order valence-corrected chi connectivity index (χ3v) is 6.18. The van der Waals surface area contributed by atoms with Crippen molar-refractivity contribution in [1.82, 2.24) is 4.90 Å². The highest BCUT2D eigenvalue weighted by Crippen LogP contribution is 2.48. The van der Waals surface area contributed by atoms with E-state index in [1.165, 1.54) is 38.0 Å². The van der Waals surface area contributed by atoms with Gasteiger partial charge < -0.3 is 15.1 Å². The molecule has 2 aromatic rings. The summed E-state index contributed by atoms with van der Waals surface area (Å²) in [6, 6.07) is 11.0. The van der Waals surface area contributed by atoms with Gasteiger partial charge in [-0.05, 0) is 43.2 Å². The number of fused-ring (bicyclic) bond motifs is 2. The van der Waals surface area contributed by atoms with E-state index in [9.17, 15) is 4.79 Å². The minimum Gasteiger partial charge on any atom is -0.368 e. The van der Waals surface area contributed by atoms with Crippen LogP contribution >= 0.6 is 83.7 Å². The molecule has 1 amide bonds. The summed E-state index contributed by atoms with van der Waals surface area (Å²) in [6.07, 6.45) is 0. The zero-order valence-electron chi connectivity index (χ0n) is 16.2. The van der Waals surface area contributed by atoms with Crippen molar-refractivity contribution in [2.45, 2.75) is 30.6 Å². The zero-order valence-corrected chi connectivity index (χ0v) is 24.0. The minimum atomic E-state index is 0. The van der Waals surface area contributed by atoms with Gasteiger partial charge in [-0.3, -0.25) is 4.79 Å². The fourth-order valence-electron chi connectivity index (χ4n) is 3.57. The fourth-order valence-corrected chi connectivity index (χ4v) is 4.76. The molecular formula is C20H26I3N3OS. The Labute approximate surface area is 222 Å². The van der Waals surface area contributed by atoms with Crippen LogP contribution < -0.4 is 10.2 Å². The summed E-state index contributed by atoms with van der Waals surface area (Å²) in [5, 5.41) is 3.64. The Balaban J connectivity index is 0.00000131. The third-order valence-electron chi connectivity index (χ3n) is 5.08. The SMILES string of the molecule is CC(=O)N1CCN(c2cc(C)c3c(c2)Sc2cccc(C)c2N3)CC1.I.I.I. The van der Waals surface area contributed by atoms with Crippen molar-refractivity contribution in [2.75, 3.05) is 36.4 Å². The monoisotopic (exact) mass is 737 g/mol. The smallest absolute Gasteiger partial charge is 0.219 e. The molecule has 154 valence electrons. The van der Waals surface area contributed by atoms with Crippen LogP contribution in [0.15, 0.2) is 40.1 Å². The van der Waals surface area contributed by atoms with Gasteiger partial charge in [-0.1, -0.05) is 23.9 Å². The van der Waals surface area contributed by atoms with Crippen LogP contribution in [0.3, 0.4) is 0 Å². The predicted molar refractivity (Wildman–Crippen MR) is 150 cm³/mol. The molecule has 1 N–H and O–H groups in total. The molecule has 28 heavy (non-hydrogen) atoms. The van der Waals surface area contributed by atoms with Gasteiger partial charge in [-0.15, -0.1) is 71.9 Å². The molecule has 0 aromatic heterocycles. The lowest BCUT2D eigenvalue weighted by molar-refractivity contribution is -0.129. The topological polar surface area (TPSA) is 35.6 Å². The Bertz CT molecular complexity index is 855. The average Bonchev–Trinajstić information content (AvgIpc) is 2.61. The highest BCUT2D eigenvalue weighted by molar-refractivity contribution is 14.0. The van der Waals surface area contributed by atoms with Gasteiger partial charge in [0.25, 0.3) is 0 Å². The van der Waals surface area contributed by atoms with Crippen molar-refractivity contribution in [2.24, 2.45) is 0 Å². The summed E-state index contributed by atoms with van der Waals surface area (Å²) in [4.78, 5) is 18.4. The Kier molecular flexibility index (Phi) is 10.1. The maximum Gasteiger partial charge on any atom is 0.219 e. The number of benzene rings is 2. The van der Waals surface area contributed by atoms with E-state index in [1.807, 2.05) is 16.7 Å². The third kappa shape index (κ3) is 5.20. The number of aryl methyl sites for hydroxylation is 2. The number of hydrogen-bond acceptors (Lipinski definition) is 4. The van der Waals surface area contributed by atoms with Gasteiger partial charge >= 0.3 is 0 Å². The summed E-state index contributed by atoms with van der Waals surface area (Å²) >= 11 is 1.84. The summed E-state index contributed by atoms with van der Waals surface area (Å²) < 4.78 is 0. The molecule has 2 heterocycles. The highest BCUT2D eigenvalue weighted by Gasteiger charge is 2.23. The number of rotatable bonds is 1. The van der Waals surface area contributed by atoms with Crippen LogP contribution in [-0.4, -0.2) is 37.0 Å². The van der Waals surface area contributed by atoms with Crippen molar-refractivity contribution in [3.05, 3.63) is 41.5 Å². The van der Waals surface area contributed by atoms with Gasteiger partial charge in [0.05, 0.1) is 11.4 Å². The molecule has 0 atom stereocenters. The zero-order chi connectivity index (χ0) is 17.6. The van der Waals surface area contributed by atoms with E-state index >= 15 is 0 Å². The van der Waals surface area contributed by atoms with E-state index < -0.39 is 0 Å². The van der Waals surface area contributed by atoms with Crippen molar-refractivity contribution >= 4 is 107 Å². The first-order valence-electron chi connectivity index (χ1n) is 8.72. The van der Waals surface area contributed by atoms with E-state index in [0.717, 1.165) is 26.2 Å². The van der Waals surface area contributed by atoms with Crippen LogP contribution in [0.4, 0.5) is 17.1 Å². The Morgan fingerprint density at radius 2 is 1.57 bits per heavy atom. The van der Waals surface area contributed by atoms with Gasteiger partial charge in [0.15, 0.2) is 0 Å². The quantitative estimate of drug-likeness (QED) is 0.310. The van der Waals surface area contributed by atoms with Crippen LogP contribution in [0.1, 0.15) is 18.1 Å². The number of nitrogens with one attached hydrogen (secondary N) is 1. The summed E-state index contributed by atoms with van der Waals surface area (Å²) in [5.41, 5.74) is 6.25. The molecule has 4 rings (SSSR count).